The lowest BCUT2D eigenvalue weighted by molar-refractivity contribution is 0.102. The Morgan fingerprint density at radius 3 is 2.29 bits per heavy atom. The van der Waals surface area contributed by atoms with Gasteiger partial charge in [0.2, 0.25) is 5.78 Å². The van der Waals surface area contributed by atoms with Gasteiger partial charge in [0.1, 0.15) is 5.70 Å². The molecule has 0 spiro atoms. The summed E-state index contributed by atoms with van der Waals surface area (Å²) in [5.41, 5.74) is 0.461. The fourth-order valence-corrected chi connectivity index (χ4v) is 1.27. The first kappa shape index (κ1) is 12.8. The van der Waals surface area contributed by atoms with Crippen LogP contribution in [0.3, 0.4) is 0 Å². The van der Waals surface area contributed by atoms with E-state index < -0.39 is 6.09 Å². The fraction of sp³-hybridized carbons (Fsp3) is 0.167. The lowest BCUT2D eigenvalue weighted by Crippen LogP contribution is -2.27. The summed E-state index contributed by atoms with van der Waals surface area (Å²) in [5.74, 6) is -0.360. The third-order valence-electron chi connectivity index (χ3n) is 1.91. The van der Waals surface area contributed by atoms with Crippen LogP contribution >= 0.6 is 0 Å². The molecule has 0 radical (unpaired) electrons. The second-order valence-electron chi connectivity index (χ2n) is 3.63. The molecule has 17 heavy (non-hydrogen) atoms. The van der Waals surface area contributed by atoms with E-state index in [4.69, 9.17) is 5.11 Å². The Morgan fingerprint density at radius 2 is 1.82 bits per heavy atom. The summed E-state index contributed by atoms with van der Waals surface area (Å²) in [5, 5.41) is 10.8. The molecule has 5 heteroatoms. The minimum absolute atomic E-state index is 0.0219. The van der Waals surface area contributed by atoms with E-state index in [9.17, 15) is 9.59 Å². The van der Waals surface area contributed by atoms with Crippen molar-refractivity contribution in [1.29, 1.82) is 0 Å². The van der Waals surface area contributed by atoms with Crippen molar-refractivity contribution in [1.82, 2.24) is 10.2 Å². The molecule has 1 aromatic carbocycles. The molecule has 0 heterocycles. The van der Waals surface area contributed by atoms with Crippen LogP contribution in [0.15, 0.2) is 42.2 Å². The molecule has 0 bridgehead atoms. The first-order valence-corrected chi connectivity index (χ1v) is 4.98. The maximum absolute atomic E-state index is 12.0. The highest BCUT2D eigenvalue weighted by molar-refractivity contribution is 6.09. The van der Waals surface area contributed by atoms with Gasteiger partial charge in [-0.2, -0.15) is 0 Å². The number of carbonyl (C=O) groups is 2. The number of carboxylic acid groups (broad SMARTS) is 1. The van der Waals surface area contributed by atoms with E-state index in [1.165, 1.54) is 6.20 Å². The quantitative estimate of drug-likeness (QED) is 0.612. The van der Waals surface area contributed by atoms with Crippen molar-refractivity contribution in [3.63, 3.8) is 0 Å². The zero-order valence-electron chi connectivity index (χ0n) is 9.68. The molecule has 5 nitrogen and oxygen atoms in total. The molecule has 0 aliphatic rings. The number of nitrogens with one attached hydrogen (secondary N) is 1. The average Bonchev–Trinajstić information content (AvgIpc) is 2.27. The number of allylic oxidation sites excluding steroid dienone is 1. The molecule has 0 aliphatic carbocycles. The number of carbonyl (C=O) groups excluding carboxylic acids is 1. The van der Waals surface area contributed by atoms with Crippen LogP contribution in [0.5, 0.6) is 0 Å². The molecule has 0 fully saturated rings. The maximum atomic E-state index is 12.0. The van der Waals surface area contributed by atoms with Gasteiger partial charge in [-0.15, -0.1) is 0 Å². The van der Waals surface area contributed by atoms with E-state index >= 15 is 0 Å². The van der Waals surface area contributed by atoms with Gasteiger partial charge in [-0.25, -0.2) is 4.79 Å². The molecule has 0 aliphatic heterocycles. The number of amides is 1. The Hall–Kier alpha value is -2.30. The van der Waals surface area contributed by atoms with Crippen LogP contribution in [0.25, 0.3) is 0 Å². The van der Waals surface area contributed by atoms with Crippen LogP contribution in [-0.2, 0) is 0 Å². The van der Waals surface area contributed by atoms with E-state index in [0.29, 0.717) is 5.56 Å². The number of hydrogen-bond donors (Lipinski definition) is 2. The lowest BCUT2D eigenvalue weighted by atomic mass is 10.1. The molecule has 90 valence electrons. The van der Waals surface area contributed by atoms with Crippen LogP contribution < -0.4 is 5.32 Å². The van der Waals surface area contributed by atoms with Crippen molar-refractivity contribution in [3.05, 3.63) is 47.8 Å². The summed E-state index contributed by atoms with van der Waals surface area (Å²) in [6.45, 7) is 0. The van der Waals surface area contributed by atoms with Crippen molar-refractivity contribution < 1.29 is 14.7 Å². The third-order valence-corrected chi connectivity index (χ3v) is 1.91. The first-order chi connectivity index (χ1) is 8.00. The molecule has 1 aromatic rings. The third kappa shape index (κ3) is 3.98. The first-order valence-electron chi connectivity index (χ1n) is 4.98. The predicted molar refractivity (Wildman–Crippen MR) is 63.7 cm³/mol. The van der Waals surface area contributed by atoms with Gasteiger partial charge in [-0.1, -0.05) is 30.3 Å². The molecule has 0 unspecified atom stereocenters. The largest absolute Gasteiger partial charge is 0.465 e. The Morgan fingerprint density at radius 1 is 1.24 bits per heavy atom. The Labute approximate surface area is 99.4 Å². The van der Waals surface area contributed by atoms with E-state index in [0.717, 1.165) is 0 Å². The van der Waals surface area contributed by atoms with E-state index in [2.05, 4.69) is 5.32 Å². The minimum Gasteiger partial charge on any atom is -0.465 e. The monoisotopic (exact) mass is 234 g/mol. The topological polar surface area (TPSA) is 69.6 Å². The molecule has 0 atom stereocenters. The van der Waals surface area contributed by atoms with Crippen molar-refractivity contribution in [2.75, 3.05) is 14.1 Å². The zero-order valence-corrected chi connectivity index (χ0v) is 9.68. The fourth-order valence-electron chi connectivity index (χ4n) is 1.27. The summed E-state index contributed by atoms with van der Waals surface area (Å²) in [6, 6.07) is 8.50. The highest BCUT2D eigenvalue weighted by Crippen LogP contribution is 2.06. The van der Waals surface area contributed by atoms with Crippen LogP contribution in [0.1, 0.15) is 10.4 Å². The van der Waals surface area contributed by atoms with Crippen molar-refractivity contribution in [2.24, 2.45) is 0 Å². The Bertz CT molecular complexity index is 438. The second-order valence-corrected chi connectivity index (χ2v) is 3.63. The molecule has 1 rings (SSSR count). The van der Waals surface area contributed by atoms with Crippen LogP contribution in [0, 0.1) is 0 Å². The van der Waals surface area contributed by atoms with Gasteiger partial charge >= 0.3 is 6.09 Å². The smallest absolute Gasteiger partial charge is 0.409 e. The van der Waals surface area contributed by atoms with E-state index in [-0.39, 0.29) is 11.5 Å². The summed E-state index contributed by atoms with van der Waals surface area (Å²) >= 11 is 0. The number of nitrogens with zero attached hydrogens (tertiary/aromatic N) is 1. The minimum atomic E-state index is -1.26. The van der Waals surface area contributed by atoms with Gasteiger partial charge in [0.15, 0.2) is 0 Å². The normalized spacial score (nSPS) is 10.8. The molecule has 2 N–H and O–H groups in total. The Kier molecular flexibility index (Phi) is 4.28. The Balaban J connectivity index is 2.99. The van der Waals surface area contributed by atoms with Crippen molar-refractivity contribution in [3.8, 4) is 0 Å². The SMILES string of the molecule is CN(C)C=C(NC(=O)O)C(=O)c1ccccc1. The lowest BCUT2D eigenvalue weighted by Gasteiger charge is -2.10. The zero-order chi connectivity index (χ0) is 12.8. The van der Waals surface area contributed by atoms with Crippen molar-refractivity contribution >= 4 is 11.9 Å². The van der Waals surface area contributed by atoms with Gasteiger partial charge < -0.3 is 10.0 Å². The van der Waals surface area contributed by atoms with Crippen LogP contribution in [0.4, 0.5) is 4.79 Å². The number of hydrogen-bond acceptors (Lipinski definition) is 3. The molecule has 0 aromatic heterocycles. The maximum Gasteiger partial charge on any atom is 0.409 e. The van der Waals surface area contributed by atoms with Gasteiger partial charge in [0.05, 0.1) is 0 Å². The van der Waals surface area contributed by atoms with Crippen LogP contribution in [0.2, 0.25) is 0 Å². The van der Waals surface area contributed by atoms with Crippen LogP contribution in [-0.4, -0.2) is 36.0 Å². The standard InChI is InChI=1S/C12H14N2O3/c1-14(2)8-10(13-12(16)17)11(15)9-6-4-3-5-7-9/h3-8,13H,1-2H3,(H,16,17). The number of rotatable bonds is 4. The number of ketones is 1. The average molecular weight is 234 g/mol. The van der Waals surface area contributed by atoms with Gasteiger partial charge in [-0.05, 0) is 0 Å². The van der Waals surface area contributed by atoms with Gasteiger partial charge in [0, 0.05) is 25.9 Å². The summed E-state index contributed by atoms with van der Waals surface area (Å²) in [4.78, 5) is 24.2. The molecule has 0 saturated carbocycles. The second kappa shape index (κ2) is 5.69. The summed E-state index contributed by atoms with van der Waals surface area (Å²) in [6.07, 6.45) is 0.172. The highest BCUT2D eigenvalue weighted by Gasteiger charge is 2.14. The molecular formula is C12H14N2O3. The van der Waals surface area contributed by atoms with Crippen molar-refractivity contribution in [2.45, 2.75) is 0 Å². The van der Waals surface area contributed by atoms with E-state index in [1.54, 1.807) is 49.3 Å². The van der Waals surface area contributed by atoms with Gasteiger partial charge in [0.25, 0.3) is 0 Å². The van der Waals surface area contributed by atoms with Gasteiger partial charge in [-0.3, -0.25) is 10.1 Å². The molecular weight excluding hydrogens is 220 g/mol. The molecule has 0 saturated heterocycles. The number of benzene rings is 1. The number of Topliss-reactive ketones (excluding diaryl/α,β-unsaturated/α-hetero) is 1. The van der Waals surface area contributed by atoms with E-state index in [1.807, 2.05) is 0 Å². The highest BCUT2D eigenvalue weighted by atomic mass is 16.4. The summed E-state index contributed by atoms with van der Waals surface area (Å²) in [7, 11) is 3.42. The summed E-state index contributed by atoms with van der Waals surface area (Å²) < 4.78 is 0. The predicted octanol–water partition coefficient (Wildman–Crippen LogP) is 1.54. The molecule has 1 amide bonds.